The Kier molecular flexibility index (Phi) is 3.03. The minimum absolute atomic E-state index is 0.468. The quantitative estimate of drug-likeness (QED) is 0.829. The van der Waals surface area contributed by atoms with Crippen molar-refractivity contribution in [3.05, 3.63) is 35.4 Å². The highest BCUT2D eigenvalue weighted by molar-refractivity contribution is 8.00. The molecule has 1 aromatic rings. The average molecular weight is 215 g/mol. The van der Waals surface area contributed by atoms with Crippen LogP contribution in [0.4, 0.5) is 8.78 Å². The van der Waals surface area contributed by atoms with Crippen LogP contribution in [0.15, 0.2) is 18.2 Å². The Morgan fingerprint density at radius 1 is 1.36 bits per heavy atom. The fourth-order valence-corrected chi connectivity index (χ4v) is 1.98. The number of benzene rings is 1. The summed E-state index contributed by atoms with van der Waals surface area (Å²) >= 11 is 1.87. The molecule has 1 nitrogen and oxygen atoms in total. The lowest BCUT2D eigenvalue weighted by molar-refractivity contribution is 0.538. The molecule has 0 aliphatic carbocycles. The van der Waals surface area contributed by atoms with Gasteiger partial charge in [0.15, 0.2) is 0 Å². The third-order valence-corrected chi connectivity index (χ3v) is 3.51. The molecular formula is C10H11F2NS. The summed E-state index contributed by atoms with van der Waals surface area (Å²) in [5.41, 5.74) is 0.531. The highest BCUT2D eigenvalue weighted by Gasteiger charge is 2.17. The first-order valence-electron chi connectivity index (χ1n) is 4.51. The van der Waals surface area contributed by atoms with Crippen molar-refractivity contribution in [1.29, 1.82) is 0 Å². The second-order valence-corrected chi connectivity index (χ2v) is 4.43. The van der Waals surface area contributed by atoms with Crippen molar-refractivity contribution in [1.82, 2.24) is 5.32 Å². The van der Waals surface area contributed by atoms with Gasteiger partial charge in [0.1, 0.15) is 11.6 Å². The normalized spacial score (nSPS) is 16.7. The van der Waals surface area contributed by atoms with Crippen molar-refractivity contribution in [2.75, 3.05) is 11.5 Å². The zero-order valence-electron chi connectivity index (χ0n) is 7.59. The minimum Gasteiger partial charge on any atom is -0.308 e. The van der Waals surface area contributed by atoms with E-state index in [1.807, 2.05) is 11.8 Å². The van der Waals surface area contributed by atoms with Gasteiger partial charge in [-0.25, -0.2) is 8.78 Å². The van der Waals surface area contributed by atoms with E-state index in [9.17, 15) is 8.78 Å². The van der Waals surface area contributed by atoms with Gasteiger partial charge in [0.05, 0.1) is 0 Å². The Morgan fingerprint density at radius 3 is 2.71 bits per heavy atom. The first kappa shape index (κ1) is 9.93. The van der Waals surface area contributed by atoms with E-state index in [4.69, 9.17) is 0 Å². The number of hydrogen-bond donors (Lipinski definition) is 1. The van der Waals surface area contributed by atoms with Crippen LogP contribution < -0.4 is 5.32 Å². The molecule has 0 radical (unpaired) electrons. The van der Waals surface area contributed by atoms with Crippen LogP contribution in [0, 0.1) is 11.6 Å². The van der Waals surface area contributed by atoms with Crippen LogP contribution in [-0.4, -0.2) is 17.5 Å². The molecule has 1 heterocycles. The molecule has 1 aliphatic rings. The molecule has 0 amide bonds. The van der Waals surface area contributed by atoms with Crippen LogP contribution >= 0.6 is 11.8 Å². The molecular weight excluding hydrogens is 204 g/mol. The van der Waals surface area contributed by atoms with Gasteiger partial charge >= 0.3 is 0 Å². The number of rotatable bonds is 3. The largest absolute Gasteiger partial charge is 0.308 e. The van der Waals surface area contributed by atoms with Gasteiger partial charge in [0, 0.05) is 35.7 Å². The molecule has 0 saturated carbocycles. The molecule has 1 fully saturated rings. The van der Waals surface area contributed by atoms with Gasteiger partial charge in [-0.2, -0.15) is 11.8 Å². The molecule has 0 aromatic heterocycles. The van der Waals surface area contributed by atoms with Crippen LogP contribution in [-0.2, 0) is 6.54 Å². The molecule has 0 unspecified atom stereocenters. The van der Waals surface area contributed by atoms with Crippen LogP contribution in [0.3, 0.4) is 0 Å². The summed E-state index contributed by atoms with van der Waals surface area (Å²) in [6.45, 7) is 0.483. The zero-order valence-corrected chi connectivity index (χ0v) is 8.41. The van der Waals surface area contributed by atoms with Crippen molar-refractivity contribution in [3.63, 3.8) is 0 Å². The second kappa shape index (κ2) is 4.28. The maximum Gasteiger partial charge on any atom is 0.130 e. The van der Waals surface area contributed by atoms with Crippen molar-refractivity contribution in [3.8, 4) is 0 Å². The second-order valence-electron chi connectivity index (χ2n) is 3.35. The fraction of sp³-hybridized carbons (Fsp3) is 0.400. The highest BCUT2D eigenvalue weighted by Crippen LogP contribution is 2.18. The highest BCUT2D eigenvalue weighted by atomic mass is 32.2. The molecule has 1 aromatic carbocycles. The van der Waals surface area contributed by atoms with Gasteiger partial charge in [-0.15, -0.1) is 0 Å². The molecule has 2 rings (SSSR count). The summed E-state index contributed by atoms with van der Waals surface area (Å²) in [6, 6.07) is 4.19. The maximum atomic E-state index is 13.1. The summed E-state index contributed by atoms with van der Waals surface area (Å²) in [5, 5.41) is 3.21. The molecule has 14 heavy (non-hydrogen) atoms. The van der Waals surface area contributed by atoms with E-state index in [0.717, 1.165) is 17.6 Å². The van der Waals surface area contributed by atoms with E-state index >= 15 is 0 Å². The van der Waals surface area contributed by atoms with Crippen LogP contribution in [0.1, 0.15) is 5.56 Å². The van der Waals surface area contributed by atoms with Gasteiger partial charge in [0.25, 0.3) is 0 Å². The number of hydrogen-bond acceptors (Lipinski definition) is 2. The maximum absolute atomic E-state index is 13.1. The van der Waals surface area contributed by atoms with Crippen molar-refractivity contribution < 1.29 is 8.78 Å². The van der Waals surface area contributed by atoms with Gasteiger partial charge in [0.2, 0.25) is 0 Å². The predicted octanol–water partition coefficient (Wildman–Crippen LogP) is 2.17. The molecule has 0 bridgehead atoms. The molecule has 1 saturated heterocycles. The SMILES string of the molecule is Fc1ccc(CNC2CSC2)c(F)c1. The first-order chi connectivity index (χ1) is 6.75. The third-order valence-electron chi connectivity index (χ3n) is 2.23. The lowest BCUT2D eigenvalue weighted by atomic mass is 10.2. The number of nitrogens with one attached hydrogen (secondary N) is 1. The van der Waals surface area contributed by atoms with Crippen LogP contribution in [0.5, 0.6) is 0 Å². The Morgan fingerprint density at radius 2 is 2.14 bits per heavy atom. The Balaban J connectivity index is 1.94. The monoisotopic (exact) mass is 215 g/mol. The van der Waals surface area contributed by atoms with E-state index < -0.39 is 11.6 Å². The molecule has 0 spiro atoms. The Labute approximate surface area is 85.9 Å². The van der Waals surface area contributed by atoms with Crippen LogP contribution in [0.25, 0.3) is 0 Å². The topological polar surface area (TPSA) is 12.0 Å². The van der Waals surface area contributed by atoms with Gasteiger partial charge in [-0.3, -0.25) is 0 Å². The third kappa shape index (κ3) is 2.25. The summed E-state index contributed by atoms with van der Waals surface area (Å²) in [4.78, 5) is 0. The smallest absolute Gasteiger partial charge is 0.130 e. The lowest BCUT2D eigenvalue weighted by Crippen LogP contribution is -2.39. The first-order valence-corrected chi connectivity index (χ1v) is 5.66. The lowest BCUT2D eigenvalue weighted by Gasteiger charge is -2.26. The summed E-state index contributed by atoms with van der Waals surface area (Å²) in [5.74, 6) is 1.18. The number of halogens is 2. The molecule has 1 aliphatic heterocycles. The van der Waals surface area contributed by atoms with E-state index in [1.165, 1.54) is 12.1 Å². The average Bonchev–Trinajstić information content (AvgIpc) is 2.05. The van der Waals surface area contributed by atoms with E-state index in [0.29, 0.717) is 18.2 Å². The fourth-order valence-electron chi connectivity index (χ4n) is 1.27. The van der Waals surface area contributed by atoms with Gasteiger partial charge < -0.3 is 5.32 Å². The van der Waals surface area contributed by atoms with Crippen LogP contribution in [0.2, 0.25) is 0 Å². The summed E-state index contributed by atoms with van der Waals surface area (Å²) in [7, 11) is 0. The van der Waals surface area contributed by atoms with E-state index in [1.54, 1.807) is 0 Å². The molecule has 1 N–H and O–H groups in total. The van der Waals surface area contributed by atoms with Gasteiger partial charge in [-0.05, 0) is 6.07 Å². The van der Waals surface area contributed by atoms with E-state index in [-0.39, 0.29) is 0 Å². The summed E-state index contributed by atoms with van der Waals surface area (Å²) in [6.07, 6.45) is 0. The van der Waals surface area contributed by atoms with Crippen molar-refractivity contribution >= 4 is 11.8 Å². The predicted molar refractivity (Wildman–Crippen MR) is 54.3 cm³/mol. The molecule has 0 atom stereocenters. The summed E-state index contributed by atoms with van der Waals surface area (Å²) < 4.78 is 25.7. The van der Waals surface area contributed by atoms with E-state index in [2.05, 4.69) is 5.32 Å². The van der Waals surface area contributed by atoms with Crippen molar-refractivity contribution in [2.45, 2.75) is 12.6 Å². The molecule has 76 valence electrons. The van der Waals surface area contributed by atoms with Gasteiger partial charge in [-0.1, -0.05) is 6.07 Å². The zero-order chi connectivity index (χ0) is 9.97. The minimum atomic E-state index is -0.523. The number of thioether (sulfide) groups is 1. The standard InChI is InChI=1S/C10H11F2NS/c11-8-2-1-7(10(12)3-8)4-13-9-5-14-6-9/h1-3,9,13H,4-6H2. The van der Waals surface area contributed by atoms with Crippen molar-refractivity contribution in [2.24, 2.45) is 0 Å². The molecule has 4 heteroatoms. The Bertz CT molecular complexity index is 326. The Hall–Kier alpha value is -0.610.